The van der Waals surface area contributed by atoms with Crippen molar-refractivity contribution in [2.24, 2.45) is 0 Å². The molecule has 0 N–H and O–H groups in total. The molecule has 1 aromatic rings. The van der Waals surface area contributed by atoms with Crippen LogP contribution in [0.2, 0.25) is 0 Å². The number of carbonyl (C=O) groups excluding carboxylic acids is 2. The molecule has 20 heavy (non-hydrogen) atoms. The maximum Gasteiger partial charge on any atom is 0.337 e. The lowest BCUT2D eigenvalue weighted by Crippen LogP contribution is -2.12. The summed E-state index contributed by atoms with van der Waals surface area (Å²) in [6, 6.07) is 5.68. The molecule has 4 nitrogen and oxygen atoms in total. The van der Waals surface area contributed by atoms with Gasteiger partial charge in [-0.25, -0.2) is 14.0 Å². The monoisotopic (exact) mass is 280 g/mol. The van der Waals surface area contributed by atoms with Crippen LogP contribution in [-0.4, -0.2) is 25.7 Å². The first kappa shape index (κ1) is 15.9. The minimum absolute atomic E-state index is 0.228. The van der Waals surface area contributed by atoms with Gasteiger partial charge in [-0.15, -0.1) is 0 Å². The average Bonchev–Trinajstić information content (AvgIpc) is 2.50. The Morgan fingerprint density at radius 1 is 1.30 bits per heavy atom. The molecule has 0 bridgehead atoms. The first-order valence-corrected chi connectivity index (χ1v) is 6.19. The zero-order valence-electron chi connectivity index (χ0n) is 11.5. The van der Waals surface area contributed by atoms with E-state index in [4.69, 9.17) is 4.74 Å². The van der Waals surface area contributed by atoms with Gasteiger partial charge in [0.05, 0.1) is 24.9 Å². The number of alkyl halides is 1. The summed E-state index contributed by atoms with van der Waals surface area (Å²) in [7, 11) is 1.26. The Balaban J connectivity index is 2.76. The van der Waals surface area contributed by atoms with E-state index in [1.165, 1.54) is 31.4 Å². The number of ether oxygens (including phenoxy) is 2. The molecule has 0 aliphatic rings. The van der Waals surface area contributed by atoms with Gasteiger partial charge >= 0.3 is 11.9 Å². The van der Waals surface area contributed by atoms with Crippen LogP contribution in [0.5, 0.6) is 0 Å². The van der Waals surface area contributed by atoms with Crippen molar-refractivity contribution in [2.75, 3.05) is 13.7 Å². The van der Waals surface area contributed by atoms with Crippen LogP contribution >= 0.6 is 0 Å². The number of halogens is 1. The van der Waals surface area contributed by atoms with E-state index in [0.29, 0.717) is 12.0 Å². The molecule has 0 heterocycles. The quantitative estimate of drug-likeness (QED) is 0.594. The Morgan fingerprint density at radius 2 is 1.90 bits per heavy atom. The van der Waals surface area contributed by atoms with Crippen molar-refractivity contribution in [3.05, 3.63) is 47.5 Å². The number of hydrogen-bond acceptors (Lipinski definition) is 4. The third-order valence-corrected chi connectivity index (χ3v) is 2.63. The predicted octanol–water partition coefficient (Wildman–Crippen LogP) is 2.99. The number of rotatable bonds is 6. The van der Waals surface area contributed by atoms with Gasteiger partial charge < -0.3 is 9.47 Å². The van der Waals surface area contributed by atoms with Crippen molar-refractivity contribution >= 4 is 11.9 Å². The summed E-state index contributed by atoms with van der Waals surface area (Å²) in [4.78, 5) is 22.7. The van der Waals surface area contributed by atoms with Gasteiger partial charge in [-0.05, 0) is 24.1 Å². The lowest BCUT2D eigenvalue weighted by molar-refractivity contribution is -0.139. The average molecular weight is 280 g/mol. The van der Waals surface area contributed by atoms with Crippen molar-refractivity contribution in [3.63, 3.8) is 0 Å². The van der Waals surface area contributed by atoms with Crippen molar-refractivity contribution in [3.8, 4) is 0 Å². The number of benzene rings is 1. The fraction of sp³-hybridized carbons (Fsp3) is 0.333. The molecule has 0 spiro atoms. The summed E-state index contributed by atoms with van der Waals surface area (Å²) in [6.07, 6.45) is -1.00. The van der Waals surface area contributed by atoms with E-state index in [0.717, 1.165) is 0 Å². The minimum atomic E-state index is -1.66. The molecule has 5 heteroatoms. The second-order valence-electron chi connectivity index (χ2n) is 4.14. The Labute approximate surface area is 117 Å². The van der Waals surface area contributed by atoms with Crippen LogP contribution in [0.15, 0.2) is 36.4 Å². The second-order valence-corrected chi connectivity index (χ2v) is 4.14. The molecular weight excluding hydrogens is 263 g/mol. The van der Waals surface area contributed by atoms with Crippen molar-refractivity contribution < 1.29 is 23.5 Å². The third kappa shape index (κ3) is 3.91. The van der Waals surface area contributed by atoms with E-state index in [-0.39, 0.29) is 17.7 Å². The molecule has 1 rings (SSSR count). The van der Waals surface area contributed by atoms with Crippen LogP contribution in [0.3, 0.4) is 0 Å². The number of hydrogen-bond donors (Lipinski definition) is 0. The van der Waals surface area contributed by atoms with Crippen LogP contribution in [0.4, 0.5) is 4.39 Å². The molecule has 0 radical (unpaired) electrons. The fourth-order valence-corrected chi connectivity index (χ4v) is 1.50. The molecule has 108 valence electrons. The van der Waals surface area contributed by atoms with E-state index < -0.39 is 18.1 Å². The maximum atomic E-state index is 14.1. The van der Waals surface area contributed by atoms with Crippen molar-refractivity contribution in [1.82, 2.24) is 0 Å². The number of carbonyl (C=O) groups is 2. The molecule has 0 fully saturated rings. The highest BCUT2D eigenvalue weighted by atomic mass is 19.1. The Kier molecular flexibility index (Phi) is 5.90. The summed E-state index contributed by atoms with van der Waals surface area (Å²) >= 11 is 0. The molecule has 0 amide bonds. The summed E-state index contributed by atoms with van der Waals surface area (Å²) in [6.45, 7) is 5.49. The fourth-order valence-electron chi connectivity index (χ4n) is 1.50. The molecule has 0 saturated carbocycles. The van der Waals surface area contributed by atoms with Gasteiger partial charge in [0.25, 0.3) is 0 Å². The van der Waals surface area contributed by atoms with Crippen LogP contribution < -0.4 is 0 Å². The van der Waals surface area contributed by atoms with Gasteiger partial charge in [0.1, 0.15) is 0 Å². The first-order valence-electron chi connectivity index (χ1n) is 6.19. The van der Waals surface area contributed by atoms with Crippen LogP contribution in [0.1, 0.15) is 35.4 Å². The SMILES string of the molecule is C=C(C(=O)OCCC)C(F)c1ccc(C(=O)OC)cc1. The van der Waals surface area contributed by atoms with Crippen LogP contribution in [-0.2, 0) is 14.3 Å². The summed E-state index contributed by atoms with van der Waals surface area (Å²) in [5.41, 5.74) is 0.281. The highest BCUT2D eigenvalue weighted by molar-refractivity contribution is 5.90. The van der Waals surface area contributed by atoms with Gasteiger partial charge in [0.15, 0.2) is 6.17 Å². The Morgan fingerprint density at radius 3 is 2.40 bits per heavy atom. The van der Waals surface area contributed by atoms with E-state index in [9.17, 15) is 14.0 Å². The summed E-state index contributed by atoms with van der Waals surface area (Å²) in [5, 5.41) is 0. The van der Waals surface area contributed by atoms with E-state index in [2.05, 4.69) is 11.3 Å². The van der Waals surface area contributed by atoms with Crippen molar-refractivity contribution in [2.45, 2.75) is 19.5 Å². The molecule has 1 unspecified atom stereocenters. The predicted molar refractivity (Wildman–Crippen MR) is 72.0 cm³/mol. The summed E-state index contributed by atoms with van der Waals surface area (Å²) < 4.78 is 23.5. The lowest BCUT2D eigenvalue weighted by Gasteiger charge is -2.11. The zero-order valence-corrected chi connectivity index (χ0v) is 11.5. The normalized spacial score (nSPS) is 11.6. The number of esters is 2. The largest absolute Gasteiger partial charge is 0.465 e. The van der Waals surface area contributed by atoms with Gasteiger partial charge in [-0.2, -0.15) is 0 Å². The standard InChI is InChI=1S/C15H17FO4/c1-4-9-20-14(17)10(2)13(16)11-5-7-12(8-6-11)15(18)19-3/h5-8,13H,2,4,9H2,1,3H3. The first-order chi connectivity index (χ1) is 9.51. The smallest absolute Gasteiger partial charge is 0.337 e. The van der Waals surface area contributed by atoms with Gasteiger partial charge in [0, 0.05) is 0 Å². The topological polar surface area (TPSA) is 52.6 Å². The molecule has 0 aromatic heterocycles. The second kappa shape index (κ2) is 7.43. The molecule has 1 aromatic carbocycles. The molecule has 0 aliphatic carbocycles. The summed E-state index contributed by atoms with van der Waals surface area (Å²) in [5.74, 6) is -1.26. The highest BCUT2D eigenvalue weighted by Gasteiger charge is 2.21. The zero-order chi connectivity index (χ0) is 15.1. The van der Waals surface area contributed by atoms with Crippen LogP contribution in [0.25, 0.3) is 0 Å². The molecule has 1 atom stereocenters. The van der Waals surface area contributed by atoms with E-state index in [1.807, 2.05) is 6.92 Å². The maximum absolute atomic E-state index is 14.1. The van der Waals surface area contributed by atoms with Gasteiger partial charge in [-0.1, -0.05) is 25.6 Å². The number of methoxy groups -OCH3 is 1. The molecule has 0 aliphatic heterocycles. The third-order valence-electron chi connectivity index (χ3n) is 2.63. The molecule has 0 saturated heterocycles. The Bertz CT molecular complexity index is 493. The highest BCUT2D eigenvalue weighted by Crippen LogP contribution is 2.26. The van der Waals surface area contributed by atoms with Crippen molar-refractivity contribution in [1.29, 1.82) is 0 Å². The molecular formula is C15H17FO4. The van der Waals surface area contributed by atoms with Gasteiger partial charge in [0.2, 0.25) is 0 Å². The van der Waals surface area contributed by atoms with E-state index in [1.54, 1.807) is 0 Å². The van der Waals surface area contributed by atoms with E-state index >= 15 is 0 Å². The Hall–Kier alpha value is -2.17. The van der Waals surface area contributed by atoms with Crippen LogP contribution in [0, 0.1) is 0 Å². The minimum Gasteiger partial charge on any atom is -0.465 e. The van der Waals surface area contributed by atoms with Gasteiger partial charge in [-0.3, -0.25) is 0 Å². The lowest BCUT2D eigenvalue weighted by atomic mass is 10.0.